The number of hydrogen-bond acceptors (Lipinski definition) is 5. The maximum Gasteiger partial charge on any atom is 0.333 e. The van der Waals surface area contributed by atoms with E-state index < -0.39 is 11.4 Å². The molecule has 0 amide bonds. The van der Waals surface area contributed by atoms with Crippen LogP contribution in [0, 0.1) is 0 Å². The fourth-order valence-electron chi connectivity index (χ4n) is 5.28. The summed E-state index contributed by atoms with van der Waals surface area (Å²) < 4.78 is 5.05. The summed E-state index contributed by atoms with van der Waals surface area (Å²) >= 11 is 0. The van der Waals surface area contributed by atoms with Crippen molar-refractivity contribution < 1.29 is 9.90 Å². The molecule has 1 N–H and O–H groups in total. The molecule has 202 valence electrons. The number of aromatic nitrogens is 5. The standard InChI is InChI=1S/C31H30N6O3/c1-30(2,28(38)39)21-7-9-23(10-8-21)37-27-24-14-19(6-11-25(24)32-17-26(27)36(5)29(37)40)20-12-13-31(3,33-15-20)22-16-34-35(4)18-22/h6-12,14-18H,13H2,1-5H3,(H,38,39). The molecule has 1 aliphatic heterocycles. The normalized spacial score (nSPS) is 17.5. The zero-order valence-corrected chi connectivity index (χ0v) is 23.1. The molecule has 1 atom stereocenters. The fourth-order valence-corrected chi connectivity index (χ4v) is 5.28. The van der Waals surface area contributed by atoms with Gasteiger partial charge in [-0.1, -0.05) is 24.3 Å². The van der Waals surface area contributed by atoms with E-state index in [4.69, 9.17) is 4.99 Å². The Hall–Kier alpha value is -4.79. The topological polar surface area (TPSA) is 107 Å². The summed E-state index contributed by atoms with van der Waals surface area (Å²) in [5.74, 6) is -0.909. The first-order valence-electron chi connectivity index (χ1n) is 13.1. The van der Waals surface area contributed by atoms with Crippen molar-refractivity contribution in [3.8, 4) is 5.69 Å². The first kappa shape index (κ1) is 25.5. The molecule has 1 aliphatic rings. The number of fused-ring (bicyclic) bond motifs is 3. The summed E-state index contributed by atoms with van der Waals surface area (Å²) in [6.45, 7) is 5.43. The van der Waals surface area contributed by atoms with Gasteiger partial charge in [0.05, 0.1) is 45.6 Å². The van der Waals surface area contributed by atoms with Gasteiger partial charge in [-0.3, -0.25) is 28.6 Å². The molecule has 9 nitrogen and oxygen atoms in total. The highest BCUT2D eigenvalue weighted by atomic mass is 16.4. The van der Waals surface area contributed by atoms with E-state index in [0.717, 1.165) is 39.5 Å². The van der Waals surface area contributed by atoms with Crippen LogP contribution in [0.3, 0.4) is 0 Å². The zero-order chi connectivity index (χ0) is 28.4. The van der Waals surface area contributed by atoms with Crippen molar-refractivity contribution >= 4 is 39.7 Å². The highest BCUT2D eigenvalue weighted by Crippen LogP contribution is 2.35. The van der Waals surface area contributed by atoms with E-state index in [1.54, 1.807) is 65.2 Å². The van der Waals surface area contributed by atoms with Crippen LogP contribution < -0.4 is 5.69 Å². The molecule has 40 heavy (non-hydrogen) atoms. The summed E-state index contributed by atoms with van der Waals surface area (Å²) in [5, 5.41) is 14.8. The lowest BCUT2D eigenvalue weighted by molar-refractivity contribution is -0.142. The maximum atomic E-state index is 13.5. The second-order valence-electron chi connectivity index (χ2n) is 11.2. The summed E-state index contributed by atoms with van der Waals surface area (Å²) in [7, 11) is 3.63. The lowest BCUT2D eigenvalue weighted by Gasteiger charge is -2.26. The van der Waals surface area contributed by atoms with Crippen LogP contribution in [0.4, 0.5) is 0 Å². The predicted octanol–water partition coefficient (Wildman–Crippen LogP) is 4.75. The van der Waals surface area contributed by atoms with Gasteiger partial charge in [-0.05, 0) is 68.2 Å². The van der Waals surface area contributed by atoms with Gasteiger partial charge in [0, 0.05) is 37.5 Å². The Morgan fingerprint density at radius 3 is 2.45 bits per heavy atom. The molecule has 0 spiro atoms. The van der Waals surface area contributed by atoms with Gasteiger partial charge in [0.25, 0.3) is 0 Å². The van der Waals surface area contributed by atoms with Gasteiger partial charge in [-0.2, -0.15) is 5.10 Å². The average molecular weight is 535 g/mol. The molecule has 4 heterocycles. The molecule has 0 fully saturated rings. The third kappa shape index (κ3) is 3.88. The van der Waals surface area contributed by atoms with Crippen LogP contribution >= 0.6 is 0 Å². The number of rotatable bonds is 5. The number of nitrogens with zero attached hydrogens (tertiary/aromatic N) is 6. The van der Waals surface area contributed by atoms with Crippen LogP contribution in [-0.4, -0.2) is 41.2 Å². The van der Waals surface area contributed by atoms with Crippen molar-refractivity contribution in [3.05, 3.63) is 94.3 Å². The monoisotopic (exact) mass is 534 g/mol. The van der Waals surface area contributed by atoms with Crippen molar-refractivity contribution in [3.63, 3.8) is 0 Å². The van der Waals surface area contributed by atoms with Crippen LogP contribution in [0.2, 0.25) is 0 Å². The van der Waals surface area contributed by atoms with Gasteiger partial charge in [0.2, 0.25) is 0 Å². The van der Waals surface area contributed by atoms with Gasteiger partial charge in [0.15, 0.2) is 0 Å². The Morgan fingerprint density at radius 2 is 1.82 bits per heavy atom. The largest absolute Gasteiger partial charge is 0.481 e. The summed E-state index contributed by atoms with van der Waals surface area (Å²) in [4.78, 5) is 34.8. The predicted molar refractivity (Wildman–Crippen MR) is 156 cm³/mol. The molecule has 2 aromatic carbocycles. The number of benzene rings is 2. The van der Waals surface area contributed by atoms with E-state index in [1.807, 2.05) is 37.8 Å². The van der Waals surface area contributed by atoms with Crippen molar-refractivity contribution in [2.45, 2.75) is 38.1 Å². The Bertz CT molecular complexity index is 1940. The number of dihydropyridines is 1. The number of hydrogen-bond donors (Lipinski definition) is 1. The summed E-state index contributed by atoms with van der Waals surface area (Å²) in [5.41, 5.74) is 4.98. The van der Waals surface area contributed by atoms with E-state index in [-0.39, 0.29) is 11.2 Å². The number of pyridine rings is 1. The smallest absolute Gasteiger partial charge is 0.333 e. The quantitative estimate of drug-likeness (QED) is 0.350. The first-order chi connectivity index (χ1) is 19.0. The van der Waals surface area contributed by atoms with E-state index in [9.17, 15) is 14.7 Å². The van der Waals surface area contributed by atoms with E-state index in [0.29, 0.717) is 16.8 Å². The van der Waals surface area contributed by atoms with Crippen LogP contribution in [0.25, 0.3) is 33.2 Å². The zero-order valence-electron chi connectivity index (χ0n) is 23.1. The lowest BCUT2D eigenvalue weighted by atomic mass is 9.85. The number of carboxylic acid groups (broad SMARTS) is 1. The number of carboxylic acids is 1. The number of carbonyl (C=O) groups is 1. The SMILES string of the molecule is Cn1cc(C2(C)CC=C(c3ccc4ncc5c(c4c3)n(-c3ccc(C(C)(C)C(=O)O)cc3)c(=O)n5C)C=N2)cn1. The highest BCUT2D eigenvalue weighted by Gasteiger charge is 2.30. The van der Waals surface area contributed by atoms with Gasteiger partial charge in [-0.15, -0.1) is 0 Å². The molecule has 0 bridgehead atoms. The summed E-state index contributed by atoms with van der Waals surface area (Å²) in [6.07, 6.45) is 10.4. The van der Waals surface area contributed by atoms with Gasteiger partial charge in [-0.25, -0.2) is 4.79 Å². The molecular formula is C31H30N6O3. The summed E-state index contributed by atoms with van der Waals surface area (Å²) in [6, 6.07) is 13.2. The Labute approximate surface area is 230 Å². The molecule has 6 rings (SSSR count). The van der Waals surface area contributed by atoms with Crippen LogP contribution in [0.15, 0.2) is 76.9 Å². The molecule has 0 aliphatic carbocycles. The van der Waals surface area contributed by atoms with Crippen LogP contribution in [0.1, 0.15) is 43.9 Å². The van der Waals surface area contributed by atoms with E-state index in [2.05, 4.69) is 29.1 Å². The second kappa shape index (κ2) is 8.87. The molecule has 0 saturated heterocycles. The van der Waals surface area contributed by atoms with Crippen molar-refractivity contribution in [2.75, 3.05) is 0 Å². The van der Waals surface area contributed by atoms with Gasteiger partial charge < -0.3 is 5.11 Å². The molecular weight excluding hydrogens is 504 g/mol. The minimum Gasteiger partial charge on any atom is -0.481 e. The minimum atomic E-state index is -1.05. The van der Waals surface area contributed by atoms with E-state index >= 15 is 0 Å². The number of aryl methyl sites for hydroxylation is 2. The molecule has 1 unspecified atom stereocenters. The Balaban J connectivity index is 1.46. The third-order valence-corrected chi connectivity index (χ3v) is 8.13. The molecule has 0 saturated carbocycles. The van der Waals surface area contributed by atoms with Gasteiger partial charge >= 0.3 is 11.7 Å². The minimum absolute atomic E-state index is 0.203. The van der Waals surface area contributed by atoms with Crippen molar-refractivity contribution in [1.82, 2.24) is 23.9 Å². The van der Waals surface area contributed by atoms with Crippen molar-refractivity contribution in [2.24, 2.45) is 19.1 Å². The van der Waals surface area contributed by atoms with Crippen molar-refractivity contribution in [1.29, 1.82) is 0 Å². The Kier molecular flexibility index (Phi) is 5.65. The highest BCUT2D eigenvalue weighted by molar-refractivity contribution is 6.13. The number of imidazole rings is 1. The molecule has 3 aromatic heterocycles. The lowest BCUT2D eigenvalue weighted by Crippen LogP contribution is -2.28. The Morgan fingerprint density at radius 1 is 1.07 bits per heavy atom. The number of aliphatic imine (C=N–C) groups is 1. The molecule has 5 aromatic rings. The van der Waals surface area contributed by atoms with Gasteiger partial charge in [0.1, 0.15) is 0 Å². The first-order valence-corrected chi connectivity index (χ1v) is 13.1. The second-order valence-corrected chi connectivity index (χ2v) is 11.2. The third-order valence-electron chi connectivity index (χ3n) is 8.13. The average Bonchev–Trinajstić information content (AvgIpc) is 3.50. The molecule has 0 radical (unpaired) electrons. The number of aliphatic carboxylic acids is 1. The van der Waals surface area contributed by atoms with E-state index in [1.165, 1.54) is 0 Å². The fraction of sp³-hybridized carbons (Fsp3) is 0.258. The number of allylic oxidation sites excluding steroid dienone is 1. The maximum absolute atomic E-state index is 13.5. The van der Waals surface area contributed by atoms with Crippen LogP contribution in [0.5, 0.6) is 0 Å². The van der Waals surface area contributed by atoms with Crippen LogP contribution in [-0.2, 0) is 29.8 Å². The molecule has 9 heteroatoms.